The molecule has 2 N–H and O–H groups in total. The molecule has 0 aliphatic carbocycles. The van der Waals surface area contributed by atoms with Gasteiger partial charge >= 0.3 is 0 Å². The summed E-state index contributed by atoms with van der Waals surface area (Å²) in [4.78, 5) is 4.75. The Morgan fingerprint density at radius 3 is 2.46 bits per heavy atom. The molecule has 1 aliphatic heterocycles. The van der Waals surface area contributed by atoms with Crippen molar-refractivity contribution in [2.75, 3.05) is 32.4 Å². The average molecular weight is 522 g/mol. The Kier molecular flexibility index (Phi) is 11.4. The molecule has 1 atom stereocenters. The van der Waals surface area contributed by atoms with Gasteiger partial charge in [0, 0.05) is 32.2 Å². The number of guanidine groups is 1. The minimum Gasteiger partial charge on any atom is -0.357 e. The maximum absolute atomic E-state index is 11.6. The monoisotopic (exact) mass is 522 g/mol. The molecule has 0 bridgehead atoms. The molecular weight excluding hydrogens is 487 g/mol. The van der Waals surface area contributed by atoms with E-state index in [9.17, 15) is 8.42 Å². The first-order chi connectivity index (χ1) is 12.9. The molecule has 1 saturated heterocycles. The van der Waals surface area contributed by atoms with E-state index in [1.165, 1.54) is 11.8 Å². The zero-order chi connectivity index (χ0) is 19.7. The van der Waals surface area contributed by atoms with Gasteiger partial charge in [0.15, 0.2) is 5.96 Å². The number of benzene rings is 1. The largest absolute Gasteiger partial charge is 0.357 e. The third-order valence-electron chi connectivity index (χ3n) is 4.99. The van der Waals surface area contributed by atoms with Crippen molar-refractivity contribution < 1.29 is 8.42 Å². The number of nitrogens with zero attached hydrogens (tertiary/aromatic N) is 2. The molecule has 0 spiro atoms. The molecule has 0 aromatic heterocycles. The van der Waals surface area contributed by atoms with E-state index < -0.39 is 10.0 Å². The molecule has 2 rings (SSSR count). The second kappa shape index (κ2) is 12.6. The summed E-state index contributed by atoms with van der Waals surface area (Å²) >= 11 is 0. The van der Waals surface area contributed by atoms with Crippen molar-refractivity contribution in [3.8, 4) is 0 Å². The Morgan fingerprint density at radius 1 is 1.25 bits per heavy atom. The molecule has 0 saturated carbocycles. The number of sulfonamides is 1. The number of hydrogen-bond donors (Lipinski definition) is 2. The van der Waals surface area contributed by atoms with Crippen LogP contribution in [0.1, 0.15) is 38.7 Å². The molecule has 1 heterocycles. The van der Waals surface area contributed by atoms with E-state index >= 15 is 0 Å². The quantitative estimate of drug-likeness (QED) is 0.313. The van der Waals surface area contributed by atoms with Gasteiger partial charge in [-0.2, -0.15) is 0 Å². The van der Waals surface area contributed by atoms with Crippen LogP contribution in [0.3, 0.4) is 0 Å². The van der Waals surface area contributed by atoms with Gasteiger partial charge in [0.05, 0.1) is 6.26 Å². The normalized spacial score (nSPS) is 17.6. The van der Waals surface area contributed by atoms with Crippen LogP contribution < -0.4 is 10.6 Å². The van der Waals surface area contributed by atoms with E-state index in [2.05, 4.69) is 48.7 Å². The van der Waals surface area contributed by atoms with E-state index in [0.717, 1.165) is 44.7 Å². The lowest BCUT2D eigenvalue weighted by Crippen LogP contribution is -2.43. The molecule has 1 aliphatic rings. The number of halogens is 1. The Bertz CT molecular complexity index is 689. The fourth-order valence-electron chi connectivity index (χ4n) is 3.30. The summed E-state index contributed by atoms with van der Waals surface area (Å²) in [5.74, 6) is 1.29. The summed E-state index contributed by atoms with van der Waals surface area (Å²) in [5, 5.41) is 6.81. The number of aryl methyl sites for hydroxylation is 1. The van der Waals surface area contributed by atoms with Gasteiger partial charge in [0.25, 0.3) is 0 Å². The number of rotatable bonds is 8. The smallest absolute Gasteiger partial charge is 0.211 e. The molecule has 0 amide bonds. The van der Waals surface area contributed by atoms with Crippen LogP contribution in [0.15, 0.2) is 35.3 Å². The van der Waals surface area contributed by atoms with Crippen LogP contribution in [-0.2, 0) is 16.4 Å². The number of hydrogen-bond acceptors (Lipinski definition) is 3. The van der Waals surface area contributed by atoms with E-state index in [0.29, 0.717) is 25.0 Å². The van der Waals surface area contributed by atoms with Crippen molar-refractivity contribution >= 4 is 40.0 Å². The van der Waals surface area contributed by atoms with Gasteiger partial charge in [-0.3, -0.25) is 4.99 Å². The van der Waals surface area contributed by atoms with E-state index in [4.69, 9.17) is 4.99 Å². The summed E-state index contributed by atoms with van der Waals surface area (Å²) in [6.45, 7) is 7.02. The van der Waals surface area contributed by atoms with Crippen LogP contribution in [-0.4, -0.2) is 57.2 Å². The van der Waals surface area contributed by atoms with Crippen molar-refractivity contribution in [1.82, 2.24) is 14.9 Å². The second-order valence-corrected chi connectivity index (χ2v) is 9.38. The van der Waals surface area contributed by atoms with Crippen LogP contribution in [0, 0.1) is 5.92 Å². The maximum Gasteiger partial charge on any atom is 0.211 e. The number of nitrogens with one attached hydrogen (secondary N) is 2. The second-order valence-electron chi connectivity index (χ2n) is 7.39. The molecule has 8 heteroatoms. The highest BCUT2D eigenvalue weighted by Crippen LogP contribution is 2.19. The van der Waals surface area contributed by atoms with Gasteiger partial charge in [-0.05, 0) is 51.0 Å². The van der Waals surface area contributed by atoms with Gasteiger partial charge < -0.3 is 10.6 Å². The first kappa shape index (κ1) is 25.2. The van der Waals surface area contributed by atoms with E-state index in [1.807, 2.05) is 6.07 Å². The topological polar surface area (TPSA) is 73.8 Å². The van der Waals surface area contributed by atoms with Gasteiger partial charge in [0.1, 0.15) is 0 Å². The fourth-order valence-corrected chi connectivity index (χ4v) is 4.17. The third-order valence-corrected chi connectivity index (χ3v) is 6.29. The highest BCUT2D eigenvalue weighted by Gasteiger charge is 2.24. The highest BCUT2D eigenvalue weighted by molar-refractivity contribution is 14.0. The lowest BCUT2D eigenvalue weighted by atomic mass is 9.98. The van der Waals surface area contributed by atoms with E-state index in [1.54, 1.807) is 4.31 Å². The van der Waals surface area contributed by atoms with Crippen LogP contribution in [0.2, 0.25) is 0 Å². The first-order valence-electron chi connectivity index (χ1n) is 9.92. The molecule has 6 nitrogen and oxygen atoms in total. The van der Waals surface area contributed by atoms with Gasteiger partial charge in [-0.1, -0.05) is 30.3 Å². The minimum atomic E-state index is -3.06. The molecular formula is C20H35IN4O2S. The van der Waals surface area contributed by atoms with Crippen LogP contribution >= 0.6 is 24.0 Å². The Labute approximate surface area is 187 Å². The Morgan fingerprint density at radius 2 is 1.89 bits per heavy atom. The summed E-state index contributed by atoms with van der Waals surface area (Å²) in [5.41, 5.74) is 1.35. The van der Waals surface area contributed by atoms with Crippen molar-refractivity contribution in [3.05, 3.63) is 35.9 Å². The average Bonchev–Trinajstić information content (AvgIpc) is 2.65. The molecule has 1 fully saturated rings. The summed E-state index contributed by atoms with van der Waals surface area (Å²) in [7, 11) is -3.06. The Balaban J connectivity index is 0.00000392. The molecule has 1 aromatic carbocycles. The summed E-state index contributed by atoms with van der Waals surface area (Å²) in [6.07, 6.45) is 5.12. The summed E-state index contributed by atoms with van der Waals surface area (Å²) in [6, 6.07) is 10.8. The molecule has 0 radical (unpaired) electrons. The summed E-state index contributed by atoms with van der Waals surface area (Å²) < 4.78 is 24.8. The molecule has 160 valence electrons. The predicted octanol–water partition coefficient (Wildman–Crippen LogP) is 2.85. The zero-order valence-electron chi connectivity index (χ0n) is 17.2. The predicted molar refractivity (Wildman–Crippen MR) is 128 cm³/mol. The third kappa shape index (κ3) is 9.09. The fraction of sp³-hybridized carbons (Fsp3) is 0.650. The maximum atomic E-state index is 11.6. The van der Waals surface area contributed by atoms with E-state index in [-0.39, 0.29) is 24.0 Å². The number of piperidine rings is 1. The van der Waals surface area contributed by atoms with Gasteiger partial charge in [-0.15, -0.1) is 24.0 Å². The van der Waals surface area contributed by atoms with Crippen LogP contribution in [0.25, 0.3) is 0 Å². The van der Waals surface area contributed by atoms with Crippen LogP contribution in [0.5, 0.6) is 0 Å². The SMILES string of the molecule is CCNC(=NCC1CCN(S(C)(=O)=O)CC1)NC(C)CCc1ccccc1.I. The molecule has 1 aromatic rings. The van der Waals surface area contributed by atoms with Crippen molar-refractivity contribution in [2.45, 2.75) is 45.6 Å². The lowest BCUT2D eigenvalue weighted by molar-refractivity contribution is 0.280. The van der Waals surface area contributed by atoms with Crippen molar-refractivity contribution in [2.24, 2.45) is 10.9 Å². The number of aliphatic imine (C=N–C) groups is 1. The standard InChI is InChI=1S/C20H34N4O2S.HI/c1-4-21-20(23-17(2)10-11-18-8-6-5-7-9-18)22-16-19-12-14-24(15-13-19)27(3,25)26;/h5-9,17,19H,4,10-16H2,1-3H3,(H2,21,22,23);1H. The van der Waals surface area contributed by atoms with Crippen molar-refractivity contribution in [3.63, 3.8) is 0 Å². The lowest BCUT2D eigenvalue weighted by Gasteiger charge is -2.29. The Hall–Kier alpha value is -0.870. The zero-order valence-corrected chi connectivity index (χ0v) is 20.4. The minimum absolute atomic E-state index is 0. The van der Waals surface area contributed by atoms with Gasteiger partial charge in [0.2, 0.25) is 10.0 Å². The van der Waals surface area contributed by atoms with Crippen molar-refractivity contribution in [1.29, 1.82) is 0 Å². The molecule has 1 unspecified atom stereocenters. The van der Waals surface area contributed by atoms with Crippen LogP contribution in [0.4, 0.5) is 0 Å². The molecule has 28 heavy (non-hydrogen) atoms. The van der Waals surface area contributed by atoms with Gasteiger partial charge in [-0.25, -0.2) is 12.7 Å². The first-order valence-corrected chi connectivity index (χ1v) is 11.8. The highest BCUT2D eigenvalue weighted by atomic mass is 127.